The van der Waals surface area contributed by atoms with Gasteiger partial charge in [0.1, 0.15) is 0 Å². The maximum atomic E-state index is 12.8. The van der Waals surface area contributed by atoms with Crippen molar-refractivity contribution in [2.75, 3.05) is 0 Å². The van der Waals surface area contributed by atoms with E-state index < -0.39 is 30.1 Å². The van der Waals surface area contributed by atoms with Crippen LogP contribution in [0.3, 0.4) is 0 Å². The largest absolute Gasteiger partial charge is 0.461 e. The second-order valence-corrected chi connectivity index (χ2v) is 4.37. The SMILES string of the molecule is O=C(CC(=O)C(F)(F)C(F)(F)F)c1cc2ccccc2[nH]1. The molecular weight excluding hydrogens is 297 g/mol. The molecule has 0 amide bonds. The molecule has 0 aliphatic rings. The van der Waals surface area contributed by atoms with Crippen molar-refractivity contribution in [2.45, 2.75) is 18.5 Å². The van der Waals surface area contributed by atoms with Crippen molar-refractivity contribution in [1.29, 1.82) is 0 Å². The Morgan fingerprint density at radius 3 is 2.24 bits per heavy atom. The summed E-state index contributed by atoms with van der Waals surface area (Å²) in [6, 6.07) is 7.81. The number of rotatable bonds is 4. The number of alkyl halides is 5. The van der Waals surface area contributed by atoms with Gasteiger partial charge in [0, 0.05) is 10.9 Å². The third-order valence-corrected chi connectivity index (χ3v) is 2.86. The van der Waals surface area contributed by atoms with Gasteiger partial charge in [-0.15, -0.1) is 0 Å². The number of Topliss-reactive ketones (excluding diaryl/α,β-unsaturated/α-hetero) is 2. The number of nitrogens with one attached hydrogen (secondary N) is 1. The lowest BCUT2D eigenvalue weighted by Gasteiger charge is -2.17. The van der Waals surface area contributed by atoms with Gasteiger partial charge in [-0.25, -0.2) is 0 Å². The first-order chi connectivity index (χ1) is 9.63. The van der Waals surface area contributed by atoms with E-state index in [1.807, 2.05) is 0 Å². The van der Waals surface area contributed by atoms with Gasteiger partial charge < -0.3 is 4.98 Å². The Morgan fingerprint density at radius 1 is 1.05 bits per heavy atom. The topological polar surface area (TPSA) is 49.9 Å². The standard InChI is InChI=1S/C13H8F5NO2/c14-12(15,13(16,17)18)11(21)6-10(20)9-5-7-3-1-2-4-8(7)19-9/h1-5,19H,6H2. The Labute approximate surface area is 114 Å². The van der Waals surface area contributed by atoms with Gasteiger partial charge in [-0.3, -0.25) is 9.59 Å². The Hall–Kier alpha value is -2.25. The fraction of sp³-hybridized carbons (Fsp3) is 0.231. The van der Waals surface area contributed by atoms with E-state index in [-0.39, 0.29) is 5.69 Å². The molecule has 0 spiro atoms. The third kappa shape index (κ3) is 2.79. The van der Waals surface area contributed by atoms with Crippen LogP contribution >= 0.6 is 0 Å². The fourth-order valence-corrected chi connectivity index (χ4v) is 1.73. The monoisotopic (exact) mass is 305 g/mol. The molecule has 0 bridgehead atoms. The van der Waals surface area contributed by atoms with Crippen molar-refractivity contribution in [3.8, 4) is 0 Å². The molecule has 1 aromatic carbocycles. The first-order valence-electron chi connectivity index (χ1n) is 5.71. The molecule has 2 aromatic rings. The highest BCUT2D eigenvalue weighted by Gasteiger charge is 2.62. The van der Waals surface area contributed by atoms with E-state index in [0.29, 0.717) is 10.9 Å². The molecule has 3 nitrogen and oxygen atoms in total. The van der Waals surface area contributed by atoms with Crippen molar-refractivity contribution in [3.05, 3.63) is 36.0 Å². The fourth-order valence-electron chi connectivity index (χ4n) is 1.73. The Balaban J connectivity index is 2.20. The van der Waals surface area contributed by atoms with Crippen LogP contribution in [-0.2, 0) is 4.79 Å². The summed E-state index contributed by atoms with van der Waals surface area (Å²) in [4.78, 5) is 25.2. The zero-order valence-electron chi connectivity index (χ0n) is 10.3. The van der Waals surface area contributed by atoms with Gasteiger partial charge in [-0.05, 0) is 12.1 Å². The first kappa shape index (κ1) is 15.1. The number of ketones is 2. The van der Waals surface area contributed by atoms with Crippen LogP contribution in [0.5, 0.6) is 0 Å². The van der Waals surface area contributed by atoms with Crippen LogP contribution < -0.4 is 0 Å². The van der Waals surface area contributed by atoms with Gasteiger partial charge >= 0.3 is 12.1 Å². The lowest BCUT2D eigenvalue weighted by molar-refractivity contribution is -0.268. The number of hydrogen-bond acceptors (Lipinski definition) is 2. The number of hydrogen-bond donors (Lipinski definition) is 1. The summed E-state index contributed by atoms with van der Waals surface area (Å²) < 4.78 is 61.6. The number of benzene rings is 1. The Bertz CT molecular complexity index is 669. The van der Waals surface area contributed by atoms with E-state index in [9.17, 15) is 31.5 Å². The van der Waals surface area contributed by atoms with Crippen LogP contribution in [0.2, 0.25) is 0 Å². The number of aromatic nitrogens is 1. The van der Waals surface area contributed by atoms with Crippen LogP contribution in [0.1, 0.15) is 16.9 Å². The molecule has 21 heavy (non-hydrogen) atoms. The molecule has 1 heterocycles. The van der Waals surface area contributed by atoms with Crippen molar-refractivity contribution in [2.24, 2.45) is 0 Å². The molecule has 0 aliphatic carbocycles. The molecule has 0 atom stereocenters. The normalized spacial score (nSPS) is 12.6. The van der Waals surface area contributed by atoms with Gasteiger partial charge in [-0.1, -0.05) is 18.2 Å². The second-order valence-electron chi connectivity index (χ2n) is 4.37. The van der Waals surface area contributed by atoms with Crippen molar-refractivity contribution >= 4 is 22.5 Å². The zero-order chi connectivity index (χ0) is 15.8. The molecule has 2 rings (SSSR count). The predicted molar refractivity (Wildman–Crippen MR) is 63.3 cm³/mol. The maximum absolute atomic E-state index is 12.8. The Morgan fingerprint density at radius 2 is 1.67 bits per heavy atom. The number of H-pyrrole nitrogens is 1. The lowest BCUT2D eigenvalue weighted by atomic mass is 10.1. The van der Waals surface area contributed by atoms with Gasteiger partial charge in [-0.2, -0.15) is 22.0 Å². The summed E-state index contributed by atoms with van der Waals surface area (Å²) in [6.07, 6.45) is -7.54. The molecule has 0 radical (unpaired) electrons. The predicted octanol–water partition coefficient (Wildman–Crippen LogP) is 3.51. The molecule has 0 saturated carbocycles. The average molecular weight is 305 g/mol. The van der Waals surface area contributed by atoms with Crippen LogP contribution in [0.4, 0.5) is 22.0 Å². The minimum Gasteiger partial charge on any atom is -0.352 e. The van der Waals surface area contributed by atoms with E-state index in [0.717, 1.165) is 0 Å². The van der Waals surface area contributed by atoms with Crippen molar-refractivity contribution < 1.29 is 31.5 Å². The van der Waals surface area contributed by atoms with Crippen LogP contribution in [-0.4, -0.2) is 28.6 Å². The lowest BCUT2D eigenvalue weighted by Crippen LogP contribution is -2.44. The first-order valence-corrected chi connectivity index (χ1v) is 5.71. The maximum Gasteiger partial charge on any atom is 0.461 e. The molecule has 112 valence electrons. The van der Waals surface area contributed by atoms with E-state index in [2.05, 4.69) is 4.98 Å². The molecule has 0 saturated heterocycles. The van der Waals surface area contributed by atoms with Crippen LogP contribution in [0.25, 0.3) is 10.9 Å². The number of para-hydroxylation sites is 1. The van der Waals surface area contributed by atoms with E-state index >= 15 is 0 Å². The molecule has 8 heteroatoms. The molecule has 1 aromatic heterocycles. The van der Waals surface area contributed by atoms with E-state index in [1.165, 1.54) is 6.07 Å². The van der Waals surface area contributed by atoms with Crippen LogP contribution in [0, 0.1) is 0 Å². The summed E-state index contributed by atoms with van der Waals surface area (Å²) >= 11 is 0. The third-order valence-electron chi connectivity index (χ3n) is 2.86. The molecule has 1 N–H and O–H groups in total. The summed E-state index contributed by atoms with van der Waals surface area (Å²) in [5.74, 6) is -9.13. The quantitative estimate of drug-likeness (QED) is 0.534. The van der Waals surface area contributed by atoms with Crippen molar-refractivity contribution in [1.82, 2.24) is 4.98 Å². The minimum atomic E-state index is -6.01. The van der Waals surface area contributed by atoms with Gasteiger partial charge in [0.05, 0.1) is 12.1 Å². The van der Waals surface area contributed by atoms with Gasteiger partial charge in [0.15, 0.2) is 5.78 Å². The summed E-state index contributed by atoms with van der Waals surface area (Å²) in [7, 11) is 0. The number of carbonyl (C=O) groups excluding carboxylic acids is 2. The van der Waals surface area contributed by atoms with Crippen molar-refractivity contribution in [3.63, 3.8) is 0 Å². The number of aromatic amines is 1. The number of fused-ring (bicyclic) bond motifs is 1. The second kappa shape index (κ2) is 4.94. The highest BCUT2D eigenvalue weighted by molar-refractivity contribution is 6.10. The highest BCUT2D eigenvalue weighted by atomic mass is 19.4. The van der Waals surface area contributed by atoms with E-state index in [1.54, 1.807) is 24.3 Å². The summed E-state index contributed by atoms with van der Waals surface area (Å²) in [5.41, 5.74) is 0.318. The number of halogens is 5. The minimum absolute atomic E-state index is 0.192. The summed E-state index contributed by atoms with van der Waals surface area (Å²) in [6.45, 7) is 0. The zero-order valence-corrected chi connectivity index (χ0v) is 10.3. The average Bonchev–Trinajstić information content (AvgIpc) is 2.80. The molecular formula is C13H8F5NO2. The smallest absolute Gasteiger partial charge is 0.352 e. The molecule has 0 unspecified atom stereocenters. The summed E-state index contributed by atoms with van der Waals surface area (Å²) in [5, 5.41) is 0.580. The van der Waals surface area contributed by atoms with Crippen LogP contribution in [0.15, 0.2) is 30.3 Å². The Kier molecular flexibility index (Phi) is 3.56. The molecule has 0 fully saturated rings. The highest BCUT2D eigenvalue weighted by Crippen LogP contribution is 2.37. The van der Waals surface area contributed by atoms with Gasteiger partial charge in [0.2, 0.25) is 5.78 Å². The van der Waals surface area contributed by atoms with Gasteiger partial charge in [0.25, 0.3) is 0 Å². The van der Waals surface area contributed by atoms with E-state index in [4.69, 9.17) is 0 Å². The number of carbonyl (C=O) groups is 2. The molecule has 0 aliphatic heterocycles.